The molecule has 0 saturated carbocycles. The summed E-state index contributed by atoms with van der Waals surface area (Å²) in [6.07, 6.45) is 5.02. The van der Waals surface area contributed by atoms with Gasteiger partial charge >= 0.3 is 0 Å². The van der Waals surface area contributed by atoms with Crippen LogP contribution < -0.4 is 14.8 Å². The number of anilines is 1. The molecule has 26 heavy (non-hydrogen) atoms. The Morgan fingerprint density at radius 3 is 2.69 bits per heavy atom. The molecular weight excluding hydrogens is 330 g/mol. The number of amides is 1. The maximum Gasteiger partial charge on any atom is 0.270 e. The number of nitrogens with one attached hydrogen (secondary N) is 1. The normalized spacial score (nSPS) is 19.8. The van der Waals surface area contributed by atoms with Crippen molar-refractivity contribution in [1.29, 1.82) is 0 Å². The third-order valence-corrected chi connectivity index (χ3v) is 4.73. The largest absolute Gasteiger partial charge is 0.485 e. The van der Waals surface area contributed by atoms with Crippen LogP contribution in [-0.4, -0.2) is 41.6 Å². The lowest BCUT2D eigenvalue weighted by molar-refractivity contribution is -0.125. The summed E-state index contributed by atoms with van der Waals surface area (Å²) < 4.78 is 11.3. The van der Waals surface area contributed by atoms with Crippen molar-refractivity contribution in [3.05, 3.63) is 48.2 Å². The van der Waals surface area contributed by atoms with Gasteiger partial charge in [0.2, 0.25) is 6.10 Å². The molecule has 0 spiro atoms. The van der Waals surface area contributed by atoms with Gasteiger partial charge in [-0.15, -0.1) is 0 Å². The van der Waals surface area contributed by atoms with Crippen LogP contribution in [0.3, 0.4) is 0 Å². The number of fused-ring (bicyclic) bond motifs is 1. The van der Waals surface area contributed by atoms with Gasteiger partial charge < -0.3 is 14.8 Å². The molecule has 1 saturated heterocycles. The molecule has 4 rings (SSSR count). The molecular formula is C20H23N3O3. The van der Waals surface area contributed by atoms with E-state index in [9.17, 15) is 4.79 Å². The fourth-order valence-corrected chi connectivity index (χ4v) is 3.32. The Morgan fingerprint density at radius 2 is 1.92 bits per heavy atom. The van der Waals surface area contributed by atoms with E-state index in [1.54, 1.807) is 6.07 Å². The molecule has 6 heteroatoms. The first-order valence-corrected chi connectivity index (χ1v) is 9.14. The number of benzene rings is 1. The number of pyridine rings is 1. The fraction of sp³-hybridized carbons (Fsp3) is 0.400. The maximum absolute atomic E-state index is 12.4. The number of aromatic nitrogens is 1. The molecule has 2 aliphatic rings. The highest BCUT2D eigenvalue weighted by Gasteiger charge is 2.27. The minimum Gasteiger partial charge on any atom is -0.485 e. The number of hydrogen-bond acceptors (Lipinski definition) is 5. The molecule has 3 heterocycles. The second-order valence-electron chi connectivity index (χ2n) is 6.74. The first-order chi connectivity index (χ1) is 12.8. The fourth-order valence-electron chi connectivity index (χ4n) is 3.32. The van der Waals surface area contributed by atoms with Crippen LogP contribution in [-0.2, 0) is 11.3 Å². The average Bonchev–Trinajstić information content (AvgIpc) is 2.70. The molecule has 6 nitrogen and oxygen atoms in total. The van der Waals surface area contributed by atoms with Gasteiger partial charge in [0.1, 0.15) is 12.4 Å². The lowest BCUT2D eigenvalue weighted by Crippen LogP contribution is -2.40. The number of ether oxygens (including phenoxy) is 2. The SMILES string of the molecule is O=C(Nc1ccc(CN2CCCCC2)cn1)C1COc2ccccc2O1. The number of para-hydroxylation sites is 2. The van der Waals surface area contributed by atoms with Gasteiger partial charge in [0.25, 0.3) is 5.91 Å². The van der Waals surface area contributed by atoms with Crippen molar-refractivity contribution in [3.8, 4) is 11.5 Å². The topological polar surface area (TPSA) is 63.7 Å². The zero-order valence-corrected chi connectivity index (χ0v) is 14.7. The van der Waals surface area contributed by atoms with Gasteiger partial charge in [-0.2, -0.15) is 0 Å². The van der Waals surface area contributed by atoms with Gasteiger partial charge in [0.05, 0.1) is 0 Å². The van der Waals surface area contributed by atoms with Crippen LogP contribution in [0.15, 0.2) is 42.6 Å². The highest BCUT2D eigenvalue weighted by atomic mass is 16.6. The quantitative estimate of drug-likeness (QED) is 0.916. The molecule has 1 aromatic carbocycles. The van der Waals surface area contributed by atoms with Gasteiger partial charge in [-0.1, -0.05) is 24.6 Å². The molecule has 0 radical (unpaired) electrons. The summed E-state index contributed by atoms with van der Waals surface area (Å²) in [6, 6.07) is 11.2. The number of carbonyl (C=O) groups excluding carboxylic acids is 1. The van der Waals surface area contributed by atoms with Crippen LogP contribution >= 0.6 is 0 Å². The summed E-state index contributed by atoms with van der Waals surface area (Å²) in [6.45, 7) is 3.41. The van der Waals surface area contributed by atoms with Crippen molar-refractivity contribution < 1.29 is 14.3 Å². The summed E-state index contributed by atoms with van der Waals surface area (Å²) in [5, 5.41) is 2.80. The maximum atomic E-state index is 12.4. The summed E-state index contributed by atoms with van der Waals surface area (Å²) in [5.74, 6) is 1.52. The van der Waals surface area contributed by atoms with Crippen molar-refractivity contribution in [2.24, 2.45) is 0 Å². The number of likely N-dealkylation sites (tertiary alicyclic amines) is 1. The number of nitrogens with zero attached hydrogens (tertiary/aromatic N) is 2. The van der Waals surface area contributed by atoms with Crippen molar-refractivity contribution in [1.82, 2.24) is 9.88 Å². The van der Waals surface area contributed by atoms with E-state index in [1.165, 1.54) is 19.3 Å². The van der Waals surface area contributed by atoms with E-state index >= 15 is 0 Å². The molecule has 1 aromatic heterocycles. The van der Waals surface area contributed by atoms with Gasteiger partial charge in [0.15, 0.2) is 11.5 Å². The Labute approximate surface area is 153 Å². The molecule has 0 aliphatic carbocycles. The molecule has 1 unspecified atom stereocenters. The first-order valence-electron chi connectivity index (χ1n) is 9.14. The molecule has 1 amide bonds. The Balaban J connectivity index is 1.33. The zero-order valence-electron chi connectivity index (χ0n) is 14.7. The van der Waals surface area contributed by atoms with Crippen LogP contribution in [0.4, 0.5) is 5.82 Å². The highest BCUT2D eigenvalue weighted by molar-refractivity contribution is 5.93. The summed E-state index contributed by atoms with van der Waals surface area (Å²) in [7, 11) is 0. The van der Waals surface area contributed by atoms with E-state index in [1.807, 2.05) is 36.5 Å². The van der Waals surface area contributed by atoms with Crippen LogP contribution in [0.5, 0.6) is 11.5 Å². The third-order valence-electron chi connectivity index (χ3n) is 4.73. The second-order valence-corrected chi connectivity index (χ2v) is 6.74. The minimum absolute atomic E-state index is 0.190. The highest BCUT2D eigenvalue weighted by Crippen LogP contribution is 2.31. The van der Waals surface area contributed by atoms with Crippen molar-refractivity contribution >= 4 is 11.7 Å². The van der Waals surface area contributed by atoms with Crippen molar-refractivity contribution in [2.45, 2.75) is 31.9 Å². The molecule has 0 bridgehead atoms. The predicted octanol–water partition coefficient (Wildman–Crippen LogP) is 2.85. The number of carbonyl (C=O) groups is 1. The van der Waals surface area contributed by atoms with Crippen molar-refractivity contribution in [2.75, 3.05) is 25.0 Å². The van der Waals surface area contributed by atoms with Gasteiger partial charge in [-0.3, -0.25) is 9.69 Å². The summed E-state index contributed by atoms with van der Waals surface area (Å²) >= 11 is 0. The predicted molar refractivity (Wildman–Crippen MR) is 98.3 cm³/mol. The number of rotatable bonds is 4. The van der Waals surface area contributed by atoms with Crippen LogP contribution in [0.2, 0.25) is 0 Å². The number of hydrogen-bond donors (Lipinski definition) is 1. The molecule has 136 valence electrons. The van der Waals surface area contributed by atoms with Crippen LogP contribution in [0, 0.1) is 0 Å². The van der Waals surface area contributed by atoms with Crippen molar-refractivity contribution in [3.63, 3.8) is 0 Å². The number of piperidine rings is 1. The van der Waals surface area contributed by atoms with E-state index in [0.29, 0.717) is 17.3 Å². The Kier molecular flexibility index (Phi) is 5.02. The summed E-state index contributed by atoms with van der Waals surface area (Å²) in [5.41, 5.74) is 1.16. The van der Waals surface area contributed by atoms with E-state index in [2.05, 4.69) is 15.2 Å². The van der Waals surface area contributed by atoms with E-state index in [0.717, 1.165) is 25.2 Å². The Morgan fingerprint density at radius 1 is 1.12 bits per heavy atom. The molecule has 1 atom stereocenters. The van der Waals surface area contributed by atoms with Gasteiger partial charge in [-0.25, -0.2) is 4.98 Å². The minimum atomic E-state index is -0.681. The Hall–Kier alpha value is -2.60. The molecule has 1 fully saturated rings. The monoisotopic (exact) mass is 353 g/mol. The first kappa shape index (κ1) is 16.8. The second kappa shape index (κ2) is 7.74. The van der Waals surface area contributed by atoms with Crippen LogP contribution in [0.25, 0.3) is 0 Å². The average molecular weight is 353 g/mol. The zero-order chi connectivity index (χ0) is 17.8. The van der Waals surface area contributed by atoms with Crippen LogP contribution in [0.1, 0.15) is 24.8 Å². The van der Waals surface area contributed by atoms with E-state index in [4.69, 9.17) is 9.47 Å². The smallest absolute Gasteiger partial charge is 0.270 e. The van der Waals surface area contributed by atoms with Gasteiger partial charge in [-0.05, 0) is 49.7 Å². The van der Waals surface area contributed by atoms with Gasteiger partial charge in [0, 0.05) is 12.7 Å². The third kappa shape index (κ3) is 3.96. The lowest BCUT2D eigenvalue weighted by atomic mass is 10.1. The molecule has 2 aliphatic heterocycles. The molecule has 1 N–H and O–H groups in total. The Bertz CT molecular complexity index is 757. The van der Waals surface area contributed by atoms with E-state index in [-0.39, 0.29) is 12.5 Å². The lowest BCUT2D eigenvalue weighted by Gasteiger charge is -2.26. The summed E-state index contributed by atoms with van der Waals surface area (Å²) in [4.78, 5) is 19.2. The standard InChI is InChI=1S/C20H23N3O3/c24-20(18-14-25-16-6-2-3-7-17(16)26-18)22-19-9-8-15(12-21-19)13-23-10-4-1-5-11-23/h2-3,6-9,12,18H,1,4-5,10-11,13-14H2,(H,21,22,24). The van der Waals surface area contributed by atoms with E-state index < -0.39 is 6.10 Å². The molecule has 2 aromatic rings.